The minimum Gasteiger partial charge on any atom is -0.383 e. The molecule has 0 atom stereocenters. The van der Waals surface area contributed by atoms with Crippen molar-refractivity contribution >= 4 is 17.1 Å². The Bertz CT molecular complexity index is 534. The molecule has 1 aliphatic rings. The van der Waals surface area contributed by atoms with E-state index in [4.69, 9.17) is 0 Å². The molecule has 0 saturated heterocycles. The zero-order chi connectivity index (χ0) is 12.4. The first-order valence-electron chi connectivity index (χ1n) is 6.51. The zero-order valence-corrected chi connectivity index (χ0v) is 10.7. The monoisotopic (exact) mass is 238 g/mol. The maximum atomic E-state index is 3.54. The quantitative estimate of drug-likeness (QED) is 0.855. The highest BCUT2D eigenvalue weighted by Crippen LogP contribution is 2.35. The van der Waals surface area contributed by atoms with Crippen LogP contribution in [0.15, 0.2) is 48.5 Å². The first-order valence-corrected chi connectivity index (χ1v) is 6.51. The van der Waals surface area contributed by atoms with Gasteiger partial charge in [0.2, 0.25) is 0 Å². The van der Waals surface area contributed by atoms with Crippen LogP contribution in [0.4, 0.5) is 17.1 Å². The lowest BCUT2D eigenvalue weighted by atomic mass is 10.0. The largest absolute Gasteiger partial charge is 0.383 e. The Labute approximate surface area is 108 Å². The Morgan fingerprint density at radius 2 is 1.83 bits per heavy atom. The standard InChI is InChI=1S/C16H18N2/c1-18(14-9-3-2-4-10-14)15-11-5-7-13-8-6-12-17-16(13)15/h2-5,7,9-11,17H,6,8,12H2,1H3. The van der Waals surface area contributed by atoms with Crippen LogP contribution in [0, 0.1) is 0 Å². The van der Waals surface area contributed by atoms with Gasteiger partial charge >= 0.3 is 0 Å². The second kappa shape index (κ2) is 4.73. The van der Waals surface area contributed by atoms with Crippen LogP contribution in [0.5, 0.6) is 0 Å². The van der Waals surface area contributed by atoms with Crippen LogP contribution in [-0.2, 0) is 6.42 Å². The molecule has 2 heteroatoms. The third-order valence-electron chi connectivity index (χ3n) is 3.56. The summed E-state index contributed by atoms with van der Waals surface area (Å²) >= 11 is 0. The highest BCUT2D eigenvalue weighted by molar-refractivity contribution is 5.79. The van der Waals surface area contributed by atoms with Crippen molar-refractivity contribution in [2.45, 2.75) is 12.8 Å². The van der Waals surface area contributed by atoms with Crippen molar-refractivity contribution in [3.63, 3.8) is 0 Å². The van der Waals surface area contributed by atoms with Crippen molar-refractivity contribution < 1.29 is 0 Å². The van der Waals surface area contributed by atoms with Gasteiger partial charge in [-0.3, -0.25) is 0 Å². The molecule has 2 nitrogen and oxygen atoms in total. The molecule has 92 valence electrons. The van der Waals surface area contributed by atoms with Crippen molar-refractivity contribution in [3.8, 4) is 0 Å². The molecule has 0 amide bonds. The Hall–Kier alpha value is -1.96. The maximum absolute atomic E-state index is 3.54. The summed E-state index contributed by atoms with van der Waals surface area (Å²) in [5.74, 6) is 0. The molecule has 0 bridgehead atoms. The highest BCUT2D eigenvalue weighted by Gasteiger charge is 2.15. The molecule has 0 aliphatic carbocycles. The Morgan fingerprint density at radius 1 is 1.00 bits per heavy atom. The SMILES string of the molecule is CN(c1ccccc1)c1cccc2c1NCCC2. The van der Waals surface area contributed by atoms with Gasteiger partial charge in [-0.1, -0.05) is 30.3 Å². The van der Waals surface area contributed by atoms with Gasteiger partial charge in [0, 0.05) is 19.3 Å². The lowest BCUT2D eigenvalue weighted by molar-refractivity contribution is 0.829. The van der Waals surface area contributed by atoms with Gasteiger partial charge in [-0.15, -0.1) is 0 Å². The van der Waals surface area contributed by atoms with Crippen molar-refractivity contribution in [2.75, 3.05) is 23.8 Å². The van der Waals surface area contributed by atoms with Crippen LogP contribution in [0.25, 0.3) is 0 Å². The molecule has 0 aromatic heterocycles. The summed E-state index contributed by atoms with van der Waals surface area (Å²) in [6.07, 6.45) is 2.41. The number of fused-ring (bicyclic) bond motifs is 1. The number of hydrogen-bond acceptors (Lipinski definition) is 2. The average Bonchev–Trinajstić information content (AvgIpc) is 2.47. The molecule has 0 radical (unpaired) electrons. The maximum Gasteiger partial charge on any atom is 0.0646 e. The van der Waals surface area contributed by atoms with E-state index in [-0.39, 0.29) is 0 Å². The topological polar surface area (TPSA) is 15.3 Å². The zero-order valence-electron chi connectivity index (χ0n) is 10.7. The first-order chi connectivity index (χ1) is 8.86. The molecule has 0 fully saturated rings. The van der Waals surface area contributed by atoms with E-state index in [1.165, 1.54) is 35.5 Å². The molecule has 3 rings (SSSR count). The molecule has 0 saturated carbocycles. The fourth-order valence-corrected chi connectivity index (χ4v) is 2.56. The fraction of sp³-hybridized carbons (Fsp3) is 0.250. The van der Waals surface area contributed by atoms with E-state index in [0.29, 0.717) is 0 Å². The third kappa shape index (κ3) is 1.94. The average molecular weight is 238 g/mol. The number of anilines is 3. The summed E-state index contributed by atoms with van der Waals surface area (Å²) in [6, 6.07) is 17.1. The molecular formula is C16H18N2. The van der Waals surface area contributed by atoms with Crippen molar-refractivity contribution in [2.24, 2.45) is 0 Å². The number of rotatable bonds is 2. The molecule has 1 heterocycles. The van der Waals surface area contributed by atoms with Gasteiger partial charge in [0.25, 0.3) is 0 Å². The molecular weight excluding hydrogens is 220 g/mol. The van der Waals surface area contributed by atoms with Gasteiger partial charge in [0.15, 0.2) is 0 Å². The number of aryl methyl sites for hydroxylation is 1. The second-order valence-corrected chi connectivity index (χ2v) is 4.74. The molecule has 2 aromatic carbocycles. The molecule has 0 spiro atoms. The van der Waals surface area contributed by atoms with Gasteiger partial charge in [-0.2, -0.15) is 0 Å². The van der Waals surface area contributed by atoms with Crippen LogP contribution in [0.1, 0.15) is 12.0 Å². The first kappa shape index (κ1) is 11.1. The predicted molar refractivity (Wildman–Crippen MR) is 77.8 cm³/mol. The lowest BCUT2D eigenvalue weighted by Crippen LogP contribution is -2.17. The van der Waals surface area contributed by atoms with Crippen molar-refractivity contribution in [3.05, 3.63) is 54.1 Å². The third-order valence-corrected chi connectivity index (χ3v) is 3.56. The minimum atomic E-state index is 1.08. The van der Waals surface area contributed by atoms with Crippen LogP contribution in [-0.4, -0.2) is 13.6 Å². The predicted octanol–water partition coefficient (Wildman–Crippen LogP) is 3.81. The fourth-order valence-electron chi connectivity index (χ4n) is 2.56. The molecule has 2 aromatic rings. The summed E-state index contributed by atoms with van der Waals surface area (Å²) in [6.45, 7) is 1.08. The van der Waals surface area contributed by atoms with Crippen LogP contribution in [0.2, 0.25) is 0 Å². The van der Waals surface area contributed by atoms with E-state index < -0.39 is 0 Å². The van der Waals surface area contributed by atoms with Gasteiger partial charge in [-0.05, 0) is 36.6 Å². The van der Waals surface area contributed by atoms with Crippen LogP contribution < -0.4 is 10.2 Å². The number of para-hydroxylation sites is 2. The van der Waals surface area contributed by atoms with Crippen LogP contribution in [0.3, 0.4) is 0 Å². The van der Waals surface area contributed by atoms with E-state index in [9.17, 15) is 0 Å². The minimum absolute atomic E-state index is 1.08. The smallest absolute Gasteiger partial charge is 0.0646 e. The Balaban J connectivity index is 2.02. The van der Waals surface area contributed by atoms with E-state index in [1.807, 2.05) is 0 Å². The van der Waals surface area contributed by atoms with E-state index >= 15 is 0 Å². The summed E-state index contributed by atoms with van der Waals surface area (Å²) in [7, 11) is 2.13. The van der Waals surface area contributed by atoms with Gasteiger partial charge < -0.3 is 10.2 Å². The molecule has 18 heavy (non-hydrogen) atoms. The van der Waals surface area contributed by atoms with Gasteiger partial charge in [0.1, 0.15) is 0 Å². The summed E-state index contributed by atoms with van der Waals surface area (Å²) in [5.41, 5.74) is 5.22. The molecule has 1 N–H and O–H groups in total. The van der Waals surface area contributed by atoms with Gasteiger partial charge in [0.05, 0.1) is 11.4 Å². The highest BCUT2D eigenvalue weighted by atomic mass is 15.1. The lowest BCUT2D eigenvalue weighted by Gasteiger charge is -2.27. The normalized spacial score (nSPS) is 13.6. The number of benzene rings is 2. The number of nitrogens with zero attached hydrogens (tertiary/aromatic N) is 1. The summed E-state index contributed by atoms with van der Waals surface area (Å²) in [4.78, 5) is 2.25. The van der Waals surface area contributed by atoms with Crippen molar-refractivity contribution in [1.82, 2.24) is 0 Å². The van der Waals surface area contributed by atoms with Crippen LogP contribution >= 0.6 is 0 Å². The second-order valence-electron chi connectivity index (χ2n) is 4.74. The van der Waals surface area contributed by atoms with E-state index in [0.717, 1.165) is 6.54 Å². The van der Waals surface area contributed by atoms with E-state index in [2.05, 4.69) is 65.8 Å². The molecule has 1 aliphatic heterocycles. The summed E-state index contributed by atoms with van der Waals surface area (Å²) in [5, 5.41) is 3.54. The Morgan fingerprint density at radius 3 is 2.67 bits per heavy atom. The Kier molecular flexibility index (Phi) is 2.93. The van der Waals surface area contributed by atoms with Gasteiger partial charge in [-0.25, -0.2) is 0 Å². The van der Waals surface area contributed by atoms with Crippen molar-refractivity contribution in [1.29, 1.82) is 0 Å². The molecule has 0 unspecified atom stereocenters. The number of hydrogen-bond donors (Lipinski definition) is 1. The van der Waals surface area contributed by atoms with E-state index in [1.54, 1.807) is 0 Å². The summed E-state index contributed by atoms with van der Waals surface area (Å²) < 4.78 is 0. The number of nitrogens with one attached hydrogen (secondary N) is 1.